The molecular weight excluding hydrogens is 266 g/mol. The Kier molecular flexibility index (Phi) is 4.66. The molecule has 0 aromatic heterocycles. The van der Waals surface area contributed by atoms with Crippen LogP contribution in [-0.2, 0) is 0 Å². The highest BCUT2D eigenvalue weighted by Gasteiger charge is 2.08. The molecule has 5 N–H and O–H groups in total. The molecule has 0 spiro atoms. The highest BCUT2D eigenvalue weighted by atomic mass is 16.5. The van der Waals surface area contributed by atoms with Gasteiger partial charge in [-0.1, -0.05) is 6.92 Å². The maximum atomic E-state index is 12.1. The molecule has 110 valence electrons. The first-order valence-electron chi connectivity index (χ1n) is 6.78. The van der Waals surface area contributed by atoms with Gasteiger partial charge in [0.1, 0.15) is 5.75 Å². The number of hydrogen-bond donors (Lipinski definition) is 3. The number of carbonyl (C=O) groups is 1. The maximum absolute atomic E-state index is 12.1. The van der Waals surface area contributed by atoms with Crippen molar-refractivity contribution in [2.45, 2.75) is 13.3 Å². The van der Waals surface area contributed by atoms with Crippen molar-refractivity contribution in [3.05, 3.63) is 48.0 Å². The molecule has 0 aliphatic rings. The Morgan fingerprint density at radius 1 is 1.10 bits per heavy atom. The maximum Gasteiger partial charge on any atom is 0.255 e. The smallest absolute Gasteiger partial charge is 0.255 e. The van der Waals surface area contributed by atoms with E-state index in [1.807, 2.05) is 19.1 Å². The van der Waals surface area contributed by atoms with E-state index in [0.717, 1.165) is 12.2 Å². The Bertz CT molecular complexity index is 604. The molecule has 2 aromatic rings. The highest BCUT2D eigenvalue weighted by molar-refractivity contribution is 6.05. The number of nitrogens with one attached hydrogen (secondary N) is 1. The summed E-state index contributed by atoms with van der Waals surface area (Å²) in [5.41, 5.74) is 13.4. The van der Waals surface area contributed by atoms with Crippen LogP contribution in [0.4, 0.5) is 17.1 Å². The quantitative estimate of drug-likeness (QED) is 0.737. The predicted molar refractivity (Wildman–Crippen MR) is 85.4 cm³/mol. The van der Waals surface area contributed by atoms with E-state index in [9.17, 15) is 4.79 Å². The number of amides is 1. The molecule has 2 aromatic carbocycles. The van der Waals surface area contributed by atoms with E-state index in [0.29, 0.717) is 29.2 Å². The minimum Gasteiger partial charge on any atom is -0.494 e. The second-order valence-electron chi connectivity index (χ2n) is 4.72. The molecule has 5 nitrogen and oxygen atoms in total. The first-order valence-corrected chi connectivity index (χ1v) is 6.78. The summed E-state index contributed by atoms with van der Waals surface area (Å²) in [6, 6.07) is 12.0. The van der Waals surface area contributed by atoms with Crippen molar-refractivity contribution >= 4 is 23.0 Å². The normalized spacial score (nSPS) is 10.1. The van der Waals surface area contributed by atoms with Crippen LogP contribution in [-0.4, -0.2) is 12.5 Å². The van der Waals surface area contributed by atoms with Crippen LogP contribution in [0, 0.1) is 0 Å². The Morgan fingerprint density at radius 2 is 1.71 bits per heavy atom. The van der Waals surface area contributed by atoms with E-state index in [1.54, 1.807) is 30.3 Å². The highest BCUT2D eigenvalue weighted by Crippen LogP contribution is 2.18. The molecule has 0 unspecified atom stereocenters. The SMILES string of the molecule is CCCOc1ccc(NC(=O)c2cc(N)cc(N)c2)cc1. The van der Waals surface area contributed by atoms with Crippen molar-refractivity contribution in [2.24, 2.45) is 0 Å². The van der Waals surface area contributed by atoms with Crippen molar-refractivity contribution in [3.63, 3.8) is 0 Å². The Hall–Kier alpha value is -2.69. The fourth-order valence-corrected chi connectivity index (χ4v) is 1.87. The molecular formula is C16H19N3O2. The molecule has 0 heterocycles. The van der Waals surface area contributed by atoms with Crippen LogP contribution in [0.2, 0.25) is 0 Å². The number of nitrogens with two attached hydrogens (primary N) is 2. The van der Waals surface area contributed by atoms with Crippen molar-refractivity contribution in [1.29, 1.82) is 0 Å². The molecule has 0 aliphatic carbocycles. The van der Waals surface area contributed by atoms with Gasteiger partial charge in [0.15, 0.2) is 0 Å². The summed E-state index contributed by atoms with van der Waals surface area (Å²) in [5.74, 6) is 0.527. The Morgan fingerprint density at radius 3 is 2.29 bits per heavy atom. The lowest BCUT2D eigenvalue weighted by molar-refractivity contribution is 0.102. The molecule has 0 radical (unpaired) electrons. The van der Waals surface area contributed by atoms with Gasteiger partial charge in [0, 0.05) is 22.6 Å². The lowest BCUT2D eigenvalue weighted by Gasteiger charge is -2.08. The fourth-order valence-electron chi connectivity index (χ4n) is 1.87. The monoisotopic (exact) mass is 285 g/mol. The molecule has 21 heavy (non-hydrogen) atoms. The van der Waals surface area contributed by atoms with Crippen LogP contribution in [0.3, 0.4) is 0 Å². The van der Waals surface area contributed by atoms with Crippen LogP contribution in [0.15, 0.2) is 42.5 Å². The average molecular weight is 285 g/mol. The van der Waals surface area contributed by atoms with Gasteiger partial charge in [-0.2, -0.15) is 0 Å². The van der Waals surface area contributed by atoms with Gasteiger partial charge in [0.05, 0.1) is 6.61 Å². The largest absolute Gasteiger partial charge is 0.494 e. The number of hydrogen-bond acceptors (Lipinski definition) is 4. The standard InChI is InChI=1S/C16H19N3O2/c1-2-7-21-15-5-3-14(4-6-15)19-16(20)11-8-12(17)10-13(18)9-11/h3-6,8-10H,2,7,17-18H2,1H3,(H,19,20). The summed E-state index contributed by atoms with van der Waals surface area (Å²) in [6.07, 6.45) is 0.954. The second-order valence-corrected chi connectivity index (χ2v) is 4.72. The molecule has 0 atom stereocenters. The van der Waals surface area contributed by atoms with Gasteiger partial charge in [-0.25, -0.2) is 0 Å². The fraction of sp³-hybridized carbons (Fsp3) is 0.188. The molecule has 0 fully saturated rings. The Labute approximate surface area is 123 Å². The van der Waals surface area contributed by atoms with Crippen LogP contribution < -0.4 is 21.5 Å². The number of ether oxygens (including phenoxy) is 1. The van der Waals surface area contributed by atoms with E-state index >= 15 is 0 Å². The molecule has 5 heteroatoms. The first-order chi connectivity index (χ1) is 10.1. The third kappa shape index (κ3) is 4.14. The van der Waals surface area contributed by atoms with Gasteiger partial charge in [-0.15, -0.1) is 0 Å². The summed E-state index contributed by atoms with van der Waals surface area (Å²) in [7, 11) is 0. The number of rotatable bonds is 5. The van der Waals surface area contributed by atoms with E-state index in [2.05, 4.69) is 5.32 Å². The molecule has 0 saturated heterocycles. The third-order valence-electron chi connectivity index (χ3n) is 2.82. The summed E-state index contributed by atoms with van der Waals surface area (Å²) in [6.45, 7) is 2.72. The van der Waals surface area contributed by atoms with Crippen molar-refractivity contribution in [2.75, 3.05) is 23.4 Å². The third-order valence-corrected chi connectivity index (χ3v) is 2.82. The van der Waals surface area contributed by atoms with Gasteiger partial charge in [-0.3, -0.25) is 4.79 Å². The summed E-state index contributed by atoms with van der Waals surface area (Å²) in [5, 5.41) is 2.79. The van der Waals surface area contributed by atoms with Crippen molar-refractivity contribution in [3.8, 4) is 5.75 Å². The zero-order valence-corrected chi connectivity index (χ0v) is 11.9. The number of carbonyl (C=O) groups excluding carboxylic acids is 1. The minimum absolute atomic E-state index is 0.253. The molecule has 1 amide bonds. The van der Waals surface area contributed by atoms with Crippen LogP contribution >= 0.6 is 0 Å². The first kappa shape index (κ1) is 14.7. The summed E-state index contributed by atoms with van der Waals surface area (Å²) < 4.78 is 5.49. The van der Waals surface area contributed by atoms with E-state index in [-0.39, 0.29) is 5.91 Å². The number of anilines is 3. The van der Waals surface area contributed by atoms with Crippen molar-refractivity contribution in [1.82, 2.24) is 0 Å². The second kappa shape index (κ2) is 6.65. The van der Waals surface area contributed by atoms with Gasteiger partial charge in [0.2, 0.25) is 0 Å². The summed E-state index contributed by atoms with van der Waals surface area (Å²) in [4.78, 5) is 12.1. The molecule has 0 aliphatic heterocycles. The average Bonchev–Trinajstić information content (AvgIpc) is 2.45. The van der Waals surface area contributed by atoms with Gasteiger partial charge < -0.3 is 21.5 Å². The summed E-state index contributed by atoms with van der Waals surface area (Å²) >= 11 is 0. The zero-order valence-electron chi connectivity index (χ0n) is 11.9. The van der Waals surface area contributed by atoms with Crippen LogP contribution in [0.25, 0.3) is 0 Å². The van der Waals surface area contributed by atoms with Crippen molar-refractivity contribution < 1.29 is 9.53 Å². The van der Waals surface area contributed by atoms with E-state index in [1.165, 1.54) is 0 Å². The lowest BCUT2D eigenvalue weighted by Crippen LogP contribution is -2.12. The predicted octanol–water partition coefficient (Wildman–Crippen LogP) is 2.89. The topological polar surface area (TPSA) is 90.4 Å². The number of nitrogen functional groups attached to an aromatic ring is 2. The van der Waals surface area contributed by atoms with Crippen LogP contribution in [0.1, 0.15) is 23.7 Å². The minimum atomic E-state index is -0.253. The number of benzene rings is 2. The van der Waals surface area contributed by atoms with Gasteiger partial charge in [0.25, 0.3) is 5.91 Å². The lowest BCUT2D eigenvalue weighted by atomic mass is 10.1. The molecule has 0 bridgehead atoms. The van der Waals surface area contributed by atoms with E-state index in [4.69, 9.17) is 16.2 Å². The van der Waals surface area contributed by atoms with Gasteiger partial charge >= 0.3 is 0 Å². The van der Waals surface area contributed by atoms with E-state index < -0.39 is 0 Å². The zero-order chi connectivity index (χ0) is 15.2. The molecule has 0 saturated carbocycles. The molecule has 2 rings (SSSR count). The van der Waals surface area contributed by atoms with Gasteiger partial charge in [-0.05, 0) is 48.9 Å². The van der Waals surface area contributed by atoms with Crippen LogP contribution in [0.5, 0.6) is 5.75 Å². The Balaban J connectivity index is 2.05.